The van der Waals surface area contributed by atoms with Crippen LogP contribution in [0.1, 0.15) is 18.4 Å². The molecule has 0 radical (unpaired) electrons. The number of hydrogen-bond donors (Lipinski definition) is 3. The maximum Gasteiger partial charge on any atom is 0.573 e. The summed E-state index contributed by atoms with van der Waals surface area (Å²) < 4.78 is 68.3. The SMILES string of the molecule is O=S(=O)(Nc1ccc2[nH]cc(C[C@H]3CCCN3)c2c1)c1ccc(OC(F)(F)F)cc1. The molecule has 0 bridgehead atoms. The molecule has 1 saturated heterocycles. The van der Waals surface area contributed by atoms with Gasteiger partial charge in [-0.25, -0.2) is 8.42 Å². The summed E-state index contributed by atoms with van der Waals surface area (Å²) in [5.41, 5.74) is 2.37. The molecule has 1 aliphatic rings. The van der Waals surface area contributed by atoms with Crippen molar-refractivity contribution in [1.29, 1.82) is 0 Å². The summed E-state index contributed by atoms with van der Waals surface area (Å²) in [6.07, 6.45) is 0.188. The zero-order valence-electron chi connectivity index (χ0n) is 15.8. The van der Waals surface area contributed by atoms with E-state index in [-0.39, 0.29) is 4.90 Å². The van der Waals surface area contributed by atoms with Crippen LogP contribution in [-0.4, -0.2) is 32.4 Å². The predicted octanol–water partition coefficient (Wildman–Crippen LogP) is 4.16. The lowest BCUT2D eigenvalue weighted by Crippen LogP contribution is -2.23. The van der Waals surface area contributed by atoms with Crippen LogP contribution in [0.5, 0.6) is 5.75 Å². The molecule has 0 spiro atoms. The highest BCUT2D eigenvalue weighted by Gasteiger charge is 2.31. The van der Waals surface area contributed by atoms with Gasteiger partial charge in [0.2, 0.25) is 0 Å². The molecule has 3 N–H and O–H groups in total. The number of nitrogens with one attached hydrogen (secondary N) is 3. The van der Waals surface area contributed by atoms with Gasteiger partial charge in [0, 0.05) is 28.8 Å². The standard InChI is InChI=1S/C20H20F3N3O3S/c21-20(22,23)29-16-4-6-17(7-5-16)30(27,28)26-15-3-8-19-18(11-15)13(12-25-19)10-14-2-1-9-24-14/h3-8,11-12,14,24-26H,1-2,9-10H2/t14-/m1/s1. The number of H-pyrrole nitrogens is 1. The highest BCUT2D eigenvalue weighted by Crippen LogP contribution is 2.27. The second kappa shape index (κ2) is 7.84. The fraction of sp³-hybridized carbons (Fsp3) is 0.300. The van der Waals surface area contributed by atoms with Crippen LogP contribution >= 0.6 is 0 Å². The molecule has 0 amide bonds. The Kier molecular flexibility index (Phi) is 5.37. The molecule has 0 saturated carbocycles. The second-order valence-corrected chi connectivity index (χ2v) is 8.88. The summed E-state index contributed by atoms with van der Waals surface area (Å²) in [4.78, 5) is 3.03. The molecule has 6 nitrogen and oxygen atoms in total. The highest BCUT2D eigenvalue weighted by atomic mass is 32.2. The van der Waals surface area contributed by atoms with Crippen molar-refractivity contribution in [3.63, 3.8) is 0 Å². The molecule has 1 atom stereocenters. The minimum atomic E-state index is -4.84. The highest BCUT2D eigenvalue weighted by molar-refractivity contribution is 7.92. The summed E-state index contributed by atoms with van der Waals surface area (Å²) in [5, 5.41) is 4.38. The number of aromatic amines is 1. The Hall–Kier alpha value is -2.72. The lowest BCUT2D eigenvalue weighted by molar-refractivity contribution is -0.274. The fourth-order valence-corrected chi connectivity index (χ4v) is 4.69. The van der Waals surface area contributed by atoms with E-state index < -0.39 is 22.1 Å². The number of halogens is 3. The van der Waals surface area contributed by atoms with Crippen LogP contribution in [0.2, 0.25) is 0 Å². The van der Waals surface area contributed by atoms with Crippen molar-refractivity contribution in [1.82, 2.24) is 10.3 Å². The Bertz CT molecular complexity index is 1140. The molecule has 2 aromatic carbocycles. The predicted molar refractivity (Wildman–Crippen MR) is 107 cm³/mol. The van der Waals surface area contributed by atoms with E-state index in [1.165, 1.54) is 0 Å². The third-order valence-corrected chi connectivity index (χ3v) is 6.41. The van der Waals surface area contributed by atoms with Gasteiger partial charge in [-0.15, -0.1) is 13.2 Å². The third-order valence-electron chi connectivity index (χ3n) is 5.02. The van der Waals surface area contributed by atoms with E-state index in [1.54, 1.807) is 18.2 Å². The van der Waals surface area contributed by atoms with Crippen LogP contribution in [0, 0.1) is 0 Å². The average molecular weight is 439 g/mol. The summed E-state index contributed by atoms with van der Waals surface area (Å²) >= 11 is 0. The summed E-state index contributed by atoms with van der Waals surface area (Å²) in [6, 6.07) is 9.64. The Morgan fingerprint density at radius 2 is 1.90 bits per heavy atom. The van der Waals surface area contributed by atoms with Crippen molar-refractivity contribution in [3.8, 4) is 5.75 Å². The number of alkyl halides is 3. The van der Waals surface area contributed by atoms with Crippen molar-refractivity contribution < 1.29 is 26.3 Å². The van der Waals surface area contributed by atoms with Crippen LogP contribution in [0.15, 0.2) is 53.6 Å². The van der Waals surface area contributed by atoms with Gasteiger partial charge < -0.3 is 15.0 Å². The molecule has 4 rings (SSSR count). The lowest BCUT2D eigenvalue weighted by Gasteiger charge is -2.12. The van der Waals surface area contributed by atoms with Gasteiger partial charge in [0.15, 0.2) is 0 Å². The van der Waals surface area contributed by atoms with E-state index in [4.69, 9.17) is 0 Å². The molecule has 2 heterocycles. The first-order chi connectivity index (χ1) is 14.2. The van der Waals surface area contributed by atoms with Gasteiger partial charge in [0.05, 0.1) is 4.90 Å². The molecule has 10 heteroatoms. The quantitative estimate of drug-likeness (QED) is 0.539. The van der Waals surface area contributed by atoms with Crippen LogP contribution in [-0.2, 0) is 16.4 Å². The summed E-state index contributed by atoms with van der Waals surface area (Å²) in [5.74, 6) is -0.486. The average Bonchev–Trinajstić information content (AvgIpc) is 3.31. The van der Waals surface area contributed by atoms with E-state index in [0.717, 1.165) is 66.5 Å². The summed E-state index contributed by atoms with van der Waals surface area (Å²) in [7, 11) is -3.97. The van der Waals surface area contributed by atoms with Crippen molar-refractivity contribution in [2.45, 2.75) is 36.6 Å². The molecule has 1 aromatic heterocycles. The zero-order chi connectivity index (χ0) is 21.4. The zero-order valence-corrected chi connectivity index (χ0v) is 16.6. The van der Waals surface area contributed by atoms with E-state index in [2.05, 4.69) is 19.8 Å². The largest absolute Gasteiger partial charge is 0.573 e. The molecule has 30 heavy (non-hydrogen) atoms. The molecular weight excluding hydrogens is 419 g/mol. The number of sulfonamides is 1. The normalized spacial score (nSPS) is 17.4. The maximum absolute atomic E-state index is 12.6. The molecule has 0 aliphatic carbocycles. The summed E-state index contributed by atoms with van der Waals surface area (Å²) in [6.45, 7) is 1.00. The number of benzene rings is 2. The number of anilines is 1. The molecular formula is C20H20F3N3O3S. The molecule has 160 valence electrons. The smallest absolute Gasteiger partial charge is 0.406 e. The Morgan fingerprint density at radius 3 is 2.57 bits per heavy atom. The number of aromatic nitrogens is 1. The van der Waals surface area contributed by atoms with E-state index in [0.29, 0.717) is 11.7 Å². The van der Waals surface area contributed by atoms with E-state index >= 15 is 0 Å². The van der Waals surface area contributed by atoms with Gasteiger partial charge in [0.25, 0.3) is 10.0 Å². The number of hydrogen-bond acceptors (Lipinski definition) is 4. The molecule has 0 unspecified atom stereocenters. The second-order valence-electron chi connectivity index (χ2n) is 7.20. The van der Waals surface area contributed by atoms with E-state index in [9.17, 15) is 21.6 Å². The Balaban J connectivity index is 1.53. The van der Waals surface area contributed by atoms with Crippen LogP contribution < -0.4 is 14.8 Å². The first kappa shape index (κ1) is 20.5. The van der Waals surface area contributed by atoms with Gasteiger partial charge in [-0.3, -0.25) is 4.72 Å². The Labute approximate surface area is 171 Å². The van der Waals surface area contributed by atoms with Gasteiger partial charge >= 0.3 is 6.36 Å². The number of ether oxygens (including phenoxy) is 1. The third kappa shape index (κ3) is 4.71. The number of rotatable bonds is 6. The van der Waals surface area contributed by atoms with Crippen molar-refractivity contribution in [3.05, 3.63) is 54.2 Å². The molecule has 3 aromatic rings. The van der Waals surface area contributed by atoms with Gasteiger partial charge in [-0.1, -0.05) is 0 Å². The monoisotopic (exact) mass is 439 g/mol. The van der Waals surface area contributed by atoms with Gasteiger partial charge in [0.1, 0.15) is 5.75 Å². The topological polar surface area (TPSA) is 83.2 Å². The minimum absolute atomic E-state index is 0.165. The van der Waals surface area contributed by atoms with Crippen molar-refractivity contribution >= 4 is 26.6 Å². The van der Waals surface area contributed by atoms with Crippen molar-refractivity contribution in [2.75, 3.05) is 11.3 Å². The van der Waals surface area contributed by atoms with Crippen LogP contribution in [0.4, 0.5) is 18.9 Å². The van der Waals surface area contributed by atoms with E-state index in [1.807, 2.05) is 6.20 Å². The number of fused-ring (bicyclic) bond motifs is 1. The van der Waals surface area contributed by atoms with Crippen molar-refractivity contribution in [2.24, 2.45) is 0 Å². The maximum atomic E-state index is 12.6. The first-order valence-corrected chi connectivity index (χ1v) is 10.9. The molecule has 1 aliphatic heterocycles. The van der Waals surface area contributed by atoms with Crippen LogP contribution in [0.3, 0.4) is 0 Å². The van der Waals surface area contributed by atoms with Gasteiger partial charge in [-0.05, 0) is 73.8 Å². The van der Waals surface area contributed by atoms with Gasteiger partial charge in [-0.2, -0.15) is 0 Å². The lowest BCUT2D eigenvalue weighted by atomic mass is 10.0. The van der Waals surface area contributed by atoms with Crippen LogP contribution in [0.25, 0.3) is 10.9 Å². The fourth-order valence-electron chi connectivity index (χ4n) is 3.64. The molecule has 1 fully saturated rings. The Morgan fingerprint density at radius 1 is 1.13 bits per heavy atom. The minimum Gasteiger partial charge on any atom is -0.406 e. The first-order valence-electron chi connectivity index (χ1n) is 9.42.